The molecule has 0 aliphatic heterocycles. The van der Waals surface area contributed by atoms with Crippen LogP contribution in [0.25, 0.3) is 0 Å². The predicted molar refractivity (Wildman–Crippen MR) is 84.3 cm³/mol. The van der Waals surface area contributed by atoms with Crippen LogP contribution in [-0.4, -0.2) is 0 Å². The summed E-state index contributed by atoms with van der Waals surface area (Å²) in [6.07, 6.45) is 0.435. The highest BCUT2D eigenvalue weighted by Gasteiger charge is 2.13. The highest BCUT2D eigenvalue weighted by molar-refractivity contribution is 14.1. The second kappa shape index (κ2) is 6.80. The molecule has 0 aromatic heterocycles. The molecule has 6 heteroatoms. The highest BCUT2D eigenvalue weighted by atomic mass is 127. The monoisotopic (exact) mass is 408 g/mol. The second-order valence-electron chi connectivity index (χ2n) is 4.35. The number of hydrazine groups is 1. The van der Waals surface area contributed by atoms with E-state index in [0.717, 1.165) is 15.2 Å². The van der Waals surface area contributed by atoms with Gasteiger partial charge in [0.2, 0.25) is 0 Å². The molecule has 0 amide bonds. The molecule has 3 N–H and O–H groups in total. The zero-order valence-corrected chi connectivity index (χ0v) is 13.3. The van der Waals surface area contributed by atoms with Gasteiger partial charge in [0.05, 0.1) is 11.1 Å². The number of hydrogen-bond donors (Lipinski definition) is 2. The Kier molecular flexibility index (Phi) is 5.31. The van der Waals surface area contributed by atoms with Crippen molar-refractivity contribution >= 4 is 34.2 Å². The van der Waals surface area contributed by atoms with Gasteiger partial charge in [0.25, 0.3) is 0 Å². The predicted octanol–water partition coefficient (Wildman–Crippen LogP) is 3.97. The molecule has 0 aliphatic carbocycles. The molecule has 0 spiro atoms. The number of rotatable bonds is 4. The standard InChI is InChI=1S/C14H12ClF2IN2/c15-10-7-9(2-4-13(10)18)14(20-19)6-8-1-3-11(16)12(17)5-8/h1-5,7,14,20H,6,19H2. The number of halogens is 4. The SMILES string of the molecule is NNC(Cc1ccc(F)c(F)c1)c1ccc(I)c(Cl)c1. The zero-order valence-electron chi connectivity index (χ0n) is 10.3. The maximum Gasteiger partial charge on any atom is 0.159 e. The molecule has 0 heterocycles. The summed E-state index contributed by atoms with van der Waals surface area (Å²) in [6, 6.07) is 9.19. The van der Waals surface area contributed by atoms with E-state index >= 15 is 0 Å². The van der Waals surface area contributed by atoms with Crippen molar-refractivity contribution in [1.29, 1.82) is 0 Å². The van der Waals surface area contributed by atoms with Gasteiger partial charge < -0.3 is 0 Å². The Balaban J connectivity index is 2.23. The van der Waals surface area contributed by atoms with E-state index in [1.807, 2.05) is 18.2 Å². The van der Waals surface area contributed by atoms with Crippen LogP contribution in [0.1, 0.15) is 17.2 Å². The van der Waals surface area contributed by atoms with Crippen molar-refractivity contribution in [3.05, 3.63) is 67.8 Å². The summed E-state index contributed by atoms with van der Waals surface area (Å²) in [7, 11) is 0. The average Bonchev–Trinajstić information content (AvgIpc) is 2.43. The van der Waals surface area contributed by atoms with E-state index in [0.29, 0.717) is 17.0 Å². The van der Waals surface area contributed by atoms with Gasteiger partial charge in [-0.05, 0) is 64.4 Å². The van der Waals surface area contributed by atoms with Crippen molar-refractivity contribution in [3.63, 3.8) is 0 Å². The quantitative estimate of drug-likeness (QED) is 0.456. The molecule has 0 saturated heterocycles. The van der Waals surface area contributed by atoms with Gasteiger partial charge in [-0.1, -0.05) is 23.7 Å². The van der Waals surface area contributed by atoms with Crippen molar-refractivity contribution in [2.45, 2.75) is 12.5 Å². The number of benzene rings is 2. The van der Waals surface area contributed by atoms with Gasteiger partial charge in [-0.15, -0.1) is 0 Å². The van der Waals surface area contributed by atoms with Crippen LogP contribution in [0.3, 0.4) is 0 Å². The molecule has 2 aromatic rings. The molecule has 2 nitrogen and oxygen atoms in total. The van der Waals surface area contributed by atoms with Crippen LogP contribution in [0.5, 0.6) is 0 Å². The maximum atomic E-state index is 13.2. The van der Waals surface area contributed by atoms with Gasteiger partial charge in [-0.25, -0.2) is 8.78 Å². The van der Waals surface area contributed by atoms with E-state index in [4.69, 9.17) is 17.4 Å². The van der Waals surface area contributed by atoms with Crippen molar-refractivity contribution in [2.24, 2.45) is 5.84 Å². The van der Waals surface area contributed by atoms with Crippen molar-refractivity contribution in [2.75, 3.05) is 0 Å². The van der Waals surface area contributed by atoms with E-state index in [1.165, 1.54) is 12.1 Å². The Morgan fingerprint density at radius 3 is 2.50 bits per heavy atom. The Morgan fingerprint density at radius 2 is 1.90 bits per heavy atom. The fourth-order valence-electron chi connectivity index (χ4n) is 1.90. The molecule has 0 fully saturated rings. The summed E-state index contributed by atoms with van der Waals surface area (Å²) in [5, 5.41) is 0.633. The first-order chi connectivity index (χ1) is 9.51. The highest BCUT2D eigenvalue weighted by Crippen LogP contribution is 2.25. The van der Waals surface area contributed by atoms with Crippen molar-refractivity contribution in [3.8, 4) is 0 Å². The molecule has 0 saturated carbocycles. The first-order valence-corrected chi connectivity index (χ1v) is 7.32. The Morgan fingerprint density at radius 1 is 1.15 bits per heavy atom. The van der Waals surface area contributed by atoms with Gasteiger partial charge in [0.15, 0.2) is 11.6 Å². The van der Waals surface area contributed by atoms with Crippen LogP contribution in [0.15, 0.2) is 36.4 Å². The van der Waals surface area contributed by atoms with Gasteiger partial charge in [0.1, 0.15) is 0 Å². The van der Waals surface area contributed by atoms with Gasteiger partial charge >= 0.3 is 0 Å². The van der Waals surface area contributed by atoms with Gasteiger partial charge in [-0.3, -0.25) is 11.3 Å². The van der Waals surface area contributed by atoms with E-state index in [9.17, 15) is 8.78 Å². The molecule has 2 rings (SSSR count). The minimum Gasteiger partial charge on any atom is -0.271 e. The molecular weight excluding hydrogens is 397 g/mol. The minimum absolute atomic E-state index is 0.227. The van der Waals surface area contributed by atoms with E-state index in [2.05, 4.69) is 28.0 Å². The topological polar surface area (TPSA) is 38.0 Å². The first kappa shape index (κ1) is 15.6. The van der Waals surface area contributed by atoms with E-state index in [-0.39, 0.29) is 6.04 Å². The largest absolute Gasteiger partial charge is 0.271 e. The molecule has 1 unspecified atom stereocenters. The normalized spacial score (nSPS) is 12.4. The van der Waals surface area contributed by atoms with Gasteiger partial charge in [0, 0.05) is 3.57 Å². The third kappa shape index (κ3) is 3.66. The summed E-state index contributed by atoms with van der Waals surface area (Å²) in [5.74, 6) is 3.83. The molecule has 20 heavy (non-hydrogen) atoms. The lowest BCUT2D eigenvalue weighted by molar-refractivity contribution is 0.502. The van der Waals surface area contributed by atoms with Crippen molar-refractivity contribution in [1.82, 2.24) is 5.43 Å². The Hall–Kier alpha value is -0.760. The lowest BCUT2D eigenvalue weighted by atomic mass is 9.99. The van der Waals surface area contributed by atoms with Crippen LogP contribution >= 0.6 is 34.2 Å². The summed E-state index contributed by atoms with van der Waals surface area (Å²) in [5.41, 5.74) is 4.22. The molecule has 0 radical (unpaired) electrons. The Bertz CT molecular complexity index is 622. The fraction of sp³-hybridized carbons (Fsp3) is 0.143. The van der Waals surface area contributed by atoms with Crippen molar-refractivity contribution < 1.29 is 8.78 Å². The molecule has 1 atom stereocenters. The molecule has 0 bridgehead atoms. The second-order valence-corrected chi connectivity index (χ2v) is 5.91. The number of hydrogen-bond acceptors (Lipinski definition) is 2. The van der Waals surface area contributed by atoms with Crippen LogP contribution in [-0.2, 0) is 6.42 Å². The zero-order chi connectivity index (χ0) is 14.7. The van der Waals surface area contributed by atoms with Crippen LogP contribution in [0, 0.1) is 15.2 Å². The summed E-state index contributed by atoms with van der Waals surface area (Å²) >= 11 is 8.21. The Labute approximate surface area is 134 Å². The van der Waals surface area contributed by atoms with E-state index in [1.54, 1.807) is 0 Å². The molecule has 0 aliphatic rings. The maximum absolute atomic E-state index is 13.2. The first-order valence-electron chi connectivity index (χ1n) is 5.86. The summed E-state index contributed by atoms with van der Waals surface area (Å²) < 4.78 is 27.1. The van der Waals surface area contributed by atoms with Gasteiger partial charge in [-0.2, -0.15) is 0 Å². The number of nitrogens with one attached hydrogen (secondary N) is 1. The molecule has 106 valence electrons. The third-order valence-corrected chi connectivity index (χ3v) is 4.54. The lowest BCUT2D eigenvalue weighted by Crippen LogP contribution is -2.29. The molecular formula is C14H12ClF2IN2. The minimum atomic E-state index is -0.862. The lowest BCUT2D eigenvalue weighted by Gasteiger charge is -2.17. The van der Waals surface area contributed by atoms with Crippen LogP contribution in [0.4, 0.5) is 8.78 Å². The van der Waals surface area contributed by atoms with E-state index < -0.39 is 11.6 Å². The summed E-state index contributed by atoms with van der Waals surface area (Å²) in [6.45, 7) is 0. The smallest absolute Gasteiger partial charge is 0.159 e. The average molecular weight is 409 g/mol. The number of nitrogens with two attached hydrogens (primary N) is 1. The summed E-state index contributed by atoms with van der Waals surface area (Å²) in [4.78, 5) is 0. The van der Waals surface area contributed by atoms with Crippen LogP contribution < -0.4 is 11.3 Å². The fourth-order valence-corrected chi connectivity index (χ4v) is 2.43. The van der Waals surface area contributed by atoms with Crippen LogP contribution in [0.2, 0.25) is 5.02 Å². The molecule has 2 aromatic carbocycles. The third-order valence-electron chi connectivity index (χ3n) is 2.97.